The van der Waals surface area contributed by atoms with E-state index in [0.717, 1.165) is 117 Å². The summed E-state index contributed by atoms with van der Waals surface area (Å²) >= 11 is 0. The molecule has 4 unspecified atom stereocenters. The van der Waals surface area contributed by atoms with E-state index in [0.29, 0.717) is 124 Å². The van der Waals surface area contributed by atoms with Gasteiger partial charge in [-0.15, -0.1) is 0 Å². The number of nitriles is 3. The van der Waals surface area contributed by atoms with Gasteiger partial charge in [0.05, 0.1) is 147 Å². The highest BCUT2D eigenvalue weighted by molar-refractivity contribution is 5.91. The fourth-order valence-corrected chi connectivity index (χ4v) is 16.4. The van der Waals surface area contributed by atoms with Crippen LogP contribution in [0, 0.1) is 46.8 Å². The Morgan fingerprint density at radius 1 is 0.353 bits per heavy atom. The van der Waals surface area contributed by atoms with E-state index in [1.807, 2.05) is 93.8 Å². The number of methoxy groups -OCH3 is 4. The summed E-state index contributed by atoms with van der Waals surface area (Å²) in [7, 11) is 13.8. The predicted molar refractivity (Wildman–Crippen MR) is 520 cm³/mol. The number of rotatable bonds is 51. The van der Waals surface area contributed by atoms with Crippen LogP contribution in [0.3, 0.4) is 0 Å². The molecular weight excluding hydrogens is 1730 g/mol. The lowest BCUT2D eigenvalue weighted by atomic mass is 9.69. The Kier molecular flexibility index (Phi) is 50.2. The first kappa shape index (κ1) is 115. The van der Waals surface area contributed by atoms with Crippen molar-refractivity contribution in [3.8, 4) is 24.0 Å². The third-order valence-electron chi connectivity index (χ3n) is 25.1. The van der Waals surface area contributed by atoms with Crippen LogP contribution in [-0.4, -0.2) is 225 Å². The summed E-state index contributed by atoms with van der Waals surface area (Å²) in [5.74, 6) is -1.56. The maximum atomic E-state index is 13.0. The molecule has 0 spiro atoms. The van der Waals surface area contributed by atoms with Crippen molar-refractivity contribution in [2.45, 2.75) is 200 Å². The first-order valence-corrected chi connectivity index (χ1v) is 46.3. The molecule has 736 valence electrons. The number of aliphatic hydroxyl groups is 8. The quantitative estimate of drug-likeness (QED) is 0.0130. The summed E-state index contributed by atoms with van der Waals surface area (Å²) in [4.78, 5) is 82.4. The van der Waals surface area contributed by atoms with Crippen LogP contribution in [-0.2, 0) is 143 Å². The number of ether oxygens (including phenoxy) is 7. The summed E-state index contributed by atoms with van der Waals surface area (Å²) in [6, 6.07) is 56.1. The number of aliphatic hydroxyl groups excluding tert-OH is 8. The van der Waals surface area contributed by atoms with Crippen LogP contribution in [0.15, 0.2) is 164 Å². The number of hydrogen-bond acceptors (Lipinski definition) is 28. The van der Waals surface area contributed by atoms with E-state index in [2.05, 4.69) is 84.8 Å². The summed E-state index contributed by atoms with van der Waals surface area (Å²) in [6.07, 6.45) is 7.95. The first-order chi connectivity index (χ1) is 65.3. The van der Waals surface area contributed by atoms with Crippen LogP contribution in [0.4, 0.5) is 0 Å². The highest BCUT2D eigenvalue weighted by Crippen LogP contribution is 2.40. The number of aryl methyl sites for hydroxylation is 1. The minimum atomic E-state index is -1.51. The molecular formula is C108H143N7O21. The van der Waals surface area contributed by atoms with E-state index >= 15 is 0 Å². The number of hydrogen-bond donors (Lipinski definition) is 8. The van der Waals surface area contributed by atoms with Crippen molar-refractivity contribution in [3.05, 3.63) is 275 Å². The van der Waals surface area contributed by atoms with Gasteiger partial charge in [-0.25, -0.2) is 24.0 Å². The number of carbonyl (C=O) groups excluding carboxylic acids is 6. The Hall–Kier alpha value is -11.6. The Morgan fingerprint density at radius 3 is 1.07 bits per heavy atom. The van der Waals surface area contributed by atoms with E-state index in [1.54, 1.807) is 107 Å². The summed E-state index contributed by atoms with van der Waals surface area (Å²) in [5.41, 5.74) is 10.1. The highest BCUT2D eigenvalue weighted by Gasteiger charge is 2.44. The van der Waals surface area contributed by atoms with Crippen molar-refractivity contribution < 1.29 is 103 Å². The fourth-order valence-electron chi connectivity index (χ4n) is 16.4. The molecule has 8 rings (SSSR count). The number of nitrogens with zero attached hydrogens (tertiary/aromatic N) is 7. The Balaban J connectivity index is 0.000000321. The smallest absolute Gasteiger partial charge is 0.338 e. The molecule has 0 amide bonds. The molecule has 0 aromatic heterocycles. The normalized spacial score (nSPS) is 12.8. The molecule has 0 aliphatic heterocycles. The molecule has 4 atom stereocenters. The molecule has 0 aliphatic carbocycles. The minimum absolute atomic E-state index is 0.104. The van der Waals surface area contributed by atoms with Crippen molar-refractivity contribution in [2.75, 3.05) is 129 Å². The Morgan fingerprint density at radius 2 is 0.706 bits per heavy atom. The molecule has 0 saturated heterocycles. The molecule has 8 aromatic carbocycles. The van der Waals surface area contributed by atoms with E-state index in [9.17, 15) is 85.4 Å². The van der Waals surface area contributed by atoms with E-state index in [4.69, 9.17) is 33.2 Å². The van der Waals surface area contributed by atoms with Gasteiger partial charge in [-0.3, -0.25) is 4.79 Å². The topological polar surface area (TPSA) is 413 Å². The lowest BCUT2D eigenvalue weighted by molar-refractivity contribution is -0.148. The molecule has 28 heteroatoms. The molecule has 136 heavy (non-hydrogen) atoms. The molecule has 0 saturated carbocycles. The van der Waals surface area contributed by atoms with Gasteiger partial charge in [0.1, 0.15) is 5.75 Å². The standard InChI is InChI=1S/C28H36N2O6.C28H38N2O4.C26H32N2O6.C26H37NO5/c1-4-35-26(33)22-9-7-21(8-10-22)13-16-30(3)15-6-14-28(20-29,27(34)36-5-2)25-12-11-23(18-31)24(17-25)19-32;1-5-34-27(33)23-9-7-22(8-10-23)13-16-30(4)15-6-14-28(20-29,21(2)3)26-12-11-24(18-31)25(17-26)19-32;1-28(13-10-19-6-4-7-20(14-19)24(31)33-2)12-5-11-26(18-27,25(32)34-3)23-9-8-21(16-29)22(15-23)17-30;1-19-15-20(7-10-24(19)31-4)11-14-27(3)13-6-12-26(2,25(30)32-5)23-9-8-21(17-28)22(16-23)18-29/h7-12,17,31-32H,4-6,13-16,18-19H2,1-3H3;7-12,17,21,31-32H,5-6,13-16,18-19H2,1-4H3;4,6-9,14-15,29-30H,5,10-13,16-17H2,1-3H3;7-10,15-16,28-29H,6,11-14,17-18H2,1-5H3. The molecule has 8 aromatic rings. The molecule has 0 radical (unpaired) electrons. The monoisotopic (exact) mass is 1870 g/mol. The van der Waals surface area contributed by atoms with E-state index < -0.39 is 33.6 Å². The molecule has 0 aliphatic rings. The van der Waals surface area contributed by atoms with Gasteiger partial charge >= 0.3 is 35.8 Å². The maximum absolute atomic E-state index is 13.0. The molecule has 8 N–H and O–H groups in total. The molecule has 0 fully saturated rings. The predicted octanol–water partition coefficient (Wildman–Crippen LogP) is 13.1. The second-order valence-electron chi connectivity index (χ2n) is 34.5. The number of benzene rings is 8. The average Bonchev–Trinajstić information content (AvgIpc) is 0.787. The summed E-state index contributed by atoms with van der Waals surface area (Å²) in [5, 5.41) is 107. The van der Waals surface area contributed by atoms with Crippen molar-refractivity contribution >= 4 is 35.8 Å². The largest absolute Gasteiger partial charge is 0.496 e. The van der Waals surface area contributed by atoms with Crippen LogP contribution < -0.4 is 4.74 Å². The summed E-state index contributed by atoms with van der Waals surface area (Å²) < 4.78 is 35.5. The Labute approximate surface area is 803 Å². The van der Waals surface area contributed by atoms with Crippen LogP contribution in [0.5, 0.6) is 5.75 Å². The second kappa shape index (κ2) is 59.4. The van der Waals surface area contributed by atoms with Gasteiger partial charge in [0, 0.05) is 26.2 Å². The van der Waals surface area contributed by atoms with Gasteiger partial charge in [-0.05, 0) is 309 Å². The minimum Gasteiger partial charge on any atom is -0.496 e. The lowest BCUT2D eigenvalue weighted by Crippen LogP contribution is -2.37. The van der Waals surface area contributed by atoms with Crippen molar-refractivity contribution in [3.63, 3.8) is 0 Å². The van der Waals surface area contributed by atoms with Gasteiger partial charge in [0.2, 0.25) is 0 Å². The van der Waals surface area contributed by atoms with Crippen LogP contribution in [0.25, 0.3) is 0 Å². The molecule has 0 heterocycles. The number of likely N-dealkylation sites (N-methyl/N-ethyl adjacent to an activating group) is 4. The van der Waals surface area contributed by atoms with Gasteiger partial charge in [-0.1, -0.05) is 135 Å². The Bertz CT molecular complexity index is 5220. The van der Waals surface area contributed by atoms with Crippen molar-refractivity contribution in [1.82, 2.24) is 19.6 Å². The third kappa shape index (κ3) is 33.1. The van der Waals surface area contributed by atoms with Crippen LogP contribution >= 0.6 is 0 Å². The first-order valence-electron chi connectivity index (χ1n) is 46.3. The van der Waals surface area contributed by atoms with Gasteiger partial charge in [0.25, 0.3) is 0 Å². The van der Waals surface area contributed by atoms with Crippen molar-refractivity contribution in [1.29, 1.82) is 15.8 Å². The number of carbonyl (C=O) groups is 6. The van der Waals surface area contributed by atoms with Gasteiger partial charge in [0.15, 0.2) is 10.8 Å². The van der Waals surface area contributed by atoms with Crippen LogP contribution in [0.1, 0.15) is 219 Å². The second-order valence-corrected chi connectivity index (χ2v) is 34.5. The van der Waals surface area contributed by atoms with Crippen molar-refractivity contribution in [2.24, 2.45) is 5.92 Å². The molecule has 28 nitrogen and oxygen atoms in total. The highest BCUT2D eigenvalue weighted by atomic mass is 16.5. The summed E-state index contributed by atoms with van der Waals surface area (Å²) in [6.45, 7) is 18.7. The van der Waals surface area contributed by atoms with Gasteiger partial charge < -0.3 is 93.6 Å². The zero-order valence-electron chi connectivity index (χ0n) is 82.1. The van der Waals surface area contributed by atoms with E-state index in [1.165, 1.54) is 26.9 Å². The van der Waals surface area contributed by atoms with Gasteiger partial charge in [-0.2, -0.15) is 15.8 Å². The number of esters is 6. The van der Waals surface area contributed by atoms with Crippen LogP contribution in [0.2, 0.25) is 0 Å². The average molecular weight is 1880 g/mol. The fraction of sp³-hybridized carbons (Fsp3) is 0.472. The van der Waals surface area contributed by atoms with E-state index in [-0.39, 0.29) is 102 Å². The zero-order chi connectivity index (χ0) is 101. The lowest BCUT2D eigenvalue weighted by Gasteiger charge is -2.32. The zero-order valence-corrected chi connectivity index (χ0v) is 82.1. The maximum Gasteiger partial charge on any atom is 0.338 e. The third-order valence-corrected chi connectivity index (χ3v) is 25.1. The SMILES string of the molecule is CCOC(=O)c1ccc(CCN(C)CCCC(C#N)(C(=O)OCC)c2ccc(CO)c(CO)c2)cc1.CCOC(=O)c1ccc(CCN(C)CCCC(C#N)(c2ccc(CO)c(CO)c2)C(C)C)cc1.COC(=O)C(C)(CCCN(C)CCc1ccc(OC)c(C)c1)c1ccc(CO)c(CO)c1.COC(=O)c1cccc(CCN(C)CCCC(C#N)(C(=O)OC)c2ccc(CO)c(CO)c2)c1. The molecule has 0 bridgehead atoms.